The van der Waals surface area contributed by atoms with Crippen LogP contribution >= 0.6 is 15.9 Å². The van der Waals surface area contributed by atoms with E-state index in [0.717, 1.165) is 5.56 Å². The van der Waals surface area contributed by atoms with Crippen LogP contribution in [0.4, 0.5) is 5.69 Å². The number of carbonyl (C=O) groups excluding carboxylic acids is 1. The quantitative estimate of drug-likeness (QED) is 0.465. The first-order chi connectivity index (χ1) is 9.97. The second kappa shape index (κ2) is 6.49. The molecule has 0 atom stereocenters. The zero-order valence-corrected chi connectivity index (χ0v) is 12.8. The molecular formula is C15H12BrNO4. The third kappa shape index (κ3) is 3.88. The van der Waals surface area contributed by atoms with Gasteiger partial charge in [-0.3, -0.25) is 14.9 Å². The molecule has 0 spiro atoms. The Hall–Kier alpha value is -2.21. The number of nitrogens with zero attached hydrogens (tertiary/aromatic N) is 1. The Bertz CT molecular complexity index is 700. The van der Waals surface area contributed by atoms with E-state index in [4.69, 9.17) is 4.74 Å². The largest absolute Gasteiger partial charge is 0.484 e. The third-order valence-corrected chi connectivity index (χ3v) is 3.48. The maximum Gasteiger partial charge on any atom is 0.273 e. The molecule has 2 aromatic carbocycles. The Morgan fingerprint density at radius 1 is 1.29 bits per heavy atom. The molecule has 0 aliphatic carbocycles. The highest BCUT2D eigenvalue weighted by Crippen LogP contribution is 2.29. The SMILES string of the molecule is Cc1cccc(C(=O)COc2cc([N+](=O)[O-])ccc2Br)c1. The predicted molar refractivity (Wildman–Crippen MR) is 81.8 cm³/mol. The van der Waals surface area contributed by atoms with Gasteiger partial charge in [0.2, 0.25) is 0 Å². The van der Waals surface area contributed by atoms with Crippen molar-refractivity contribution in [3.8, 4) is 5.75 Å². The molecule has 0 radical (unpaired) electrons. The molecule has 0 unspecified atom stereocenters. The van der Waals surface area contributed by atoms with Gasteiger partial charge >= 0.3 is 0 Å². The van der Waals surface area contributed by atoms with E-state index in [-0.39, 0.29) is 23.8 Å². The highest BCUT2D eigenvalue weighted by molar-refractivity contribution is 9.10. The van der Waals surface area contributed by atoms with E-state index >= 15 is 0 Å². The van der Waals surface area contributed by atoms with Crippen molar-refractivity contribution in [1.82, 2.24) is 0 Å². The Balaban J connectivity index is 2.11. The van der Waals surface area contributed by atoms with Gasteiger partial charge in [0, 0.05) is 11.6 Å². The third-order valence-electron chi connectivity index (χ3n) is 2.82. The van der Waals surface area contributed by atoms with E-state index in [9.17, 15) is 14.9 Å². The molecule has 0 aliphatic heterocycles. The maximum atomic E-state index is 12.0. The van der Waals surface area contributed by atoms with Crippen molar-refractivity contribution in [2.45, 2.75) is 6.92 Å². The van der Waals surface area contributed by atoms with Gasteiger partial charge in [-0.25, -0.2) is 0 Å². The number of non-ortho nitro benzene ring substituents is 1. The normalized spacial score (nSPS) is 10.2. The number of rotatable bonds is 5. The second-order valence-corrected chi connectivity index (χ2v) is 5.31. The minimum Gasteiger partial charge on any atom is -0.484 e. The van der Waals surface area contributed by atoms with Gasteiger partial charge in [0.1, 0.15) is 5.75 Å². The van der Waals surface area contributed by atoms with E-state index in [2.05, 4.69) is 15.9 Å². The fourth-order valence-electron chi connectivity index (χ4n) is 1.76. The zero-order valence-electron chi connectivity index (χ0n) is 11.2. The van der Waals surface area contributed by atoms with E-state index in [1.165, 1.54) is 18.2 Å². The summed E-state index contributed by atoms with van der Waals surface area (Å²) in [5.41, 5.74) is 1.45. The average molecular weight is 350 g/mol. The highest BCUT2D eigenvalue weighted by atomic mass is 79.9. The minimum atomic E-state index is -0.512. The van der Waals surface area contributed by atoms with Crippen molar-refractivity contribution in [2.24, 2.45) is 0 Å². The molecule has 0 amide bonds. The molecule has 2 rings (SSSR count). The number of aryl methyl sites for hydroxylation is 1. The summed E-state index contributed by atoms with van der Waals surface area (Å²) in [7, 11) is 0. The molecular weight excluding hydrogens is 338 g/mol. The number of nitro benzene ring substituents is 1. The molecule has 0 bridgehead atoms. The molecule has 6 heteroatoms. The molecule has 0 N–H and O–H groups in total. The lowest BCUT2D eigenvalue weighted by Gasteiger charge is -2.08. The summed E-state index contributed by atoms with van der Waals surface area (Å²) in [6.45, 7) is 1.72. The standard InChI is InChI=1S/C15H12BrNO4/c1-10-3-2-4-11(7-10)14(18)9-21-15-8-12(17(19)20)5-6-13(15)16/h2-8H,9H2,1H3. The number of Topliss-reactive ketones (excluding diaryl/α,β-unsaturated/α-hetero) is 1. The van der Waals surface area contributed by atoms with Crippen LogP contribution in [-0.2, 0) is 0 Å². The van der Waals surface area contributed by atoms with Crippen LogP contribution in [0.1, 0.15) is 15.9 Å². The van der Waals surface area contributed by atoms with Gasteiger partial charge in [-0.05, 0) is 35.0 Å². The Kier molecular flexibility index (Phi) is 4.70. The van der Waals surface area contributed by atoms with Crippen LogP contribution in [0, 0.1) is 17.0 Å². The van der Waals surface area contributed by atoms with E-state index < -0.39 is 4.92 Å². The molecule has 5 nitrogen and oxygen atoms in total. The topological polar surface area (TPSA) is 69.4 Å². The zero-order chi connectivity index (χ0) is 15.4. The number of benzene rings is 2. The van der Waals surface area contributed by atoms with Gasteiger partial charge in [-0.15, -0.1) is 0 Å². The average Bonchev–Trinajstić information content (AvgIpc) is 2.45. The molecule has 0 saturated carbocycles. The summed E-state index contributed by atoms with van der Waals surface area (Å²) in [4.78, 5) is 22.2. The van der Waals surface area contributed by atoms with Crippen LogP contribution in [0.15, 0.2) is 46.9 Å². The first kappa shape index (κ1) is 15.2. The lowest BCUT2D eigenvalue weighted by atomic mass is 10.1. The fraction of sp³-hybridized carbons (Fsp3) is 0.133. The summed E-state index contributed by atoms with van der Waals surface area (Å²) in [5.74, 6) is 0.0855. The van der Waals surface area contributed by atoms with Crippen molar-refractivity contribution < 1.29 is 14.5 Å². The molecule has 21 heavy (non-hydrogen) atoms. The van der Waals surface area contributed by atoms with Crippen LogP contribution in [0.25, 0.3) is 0 Å². The number of hydrogen-bond acceptors (Lipinski definition) is 4. The minimum absolute atomic E-state index is 0.0868. The van der Waals surface area contributed by atoms with E-state index in [1.807, 2.05) is 13.0 Å². The van der Waals surface area contributed by atoms with Crippen LogP contribution in [0.3, 0.4) is 0 Å². The monoisotopic (exact) mass is 349 g/mol. The van der Waals surface area contributed by atoms with Gasteiger partial charge in [0.25, 0.3) is 5.69 Å². The first-order valence-electron chi connectivity index (χ1n) is 6.14. The molecule has 2 aromatic rings. The highest BCUT2D eigenvalue weighted by Gasteiger charge is 2.13. The Morgan fingerprint density at radius 3 is 2.71 bits per heavy atom. The maximum absolute atomic E-state index is 12.0. The summed E-state index contributed by atoms with van der Waals surface area (Å²) < 4.78 is 5.94. The number of nitro groups is 1. The van der Waals surface area contributed by atoms with Crippen LogP contribution in [0.5, 0.6) is 5.75 Å². The number of halogens is 1. The van der Waals surface area contributed by atoms with Crippen molar-refractivity contribution >= 4 is 27.4 Å². The van der Waals surface area contributed by atoms with Gasteiger partial charge in [-0.1, -0.05) is 23.8 Å². The molecule has 108 valence electrons. The molecule has 0 fully saturated rings. The van der Waals surface area contributed by atoms with E-state index in [1.54, 1.807) is 18.2 Å². The van der Waals surface area contributed by atoms with Gasteiger partial charge in [0.05, 0.1) is 15.5 Å². The van der Waals surface area contributed by atoms with Gasteiger partial charge in [-0.2, -0.15) is 0 Å². The summed E-state index contributed by atoms with van der Waals surface area (Å²) in [6.07, 6.45) is 0. The molecule has 0 aromatic heterocycles. The Labute approximate surface area is 129 Å². The molecule has 0 saturated heterocycles. The molecule has 0 aliphatic rings. The van der Waals surface area contributed by atoms with Crippen molar-refractivity contribution in [3.05, 3.63) is 68.2 Å². The number of carbonyl (C=O) groups is 1. The van der Waals surface area contributed by atoms with E-state index in [0.29, 0.717) is 10.0 Å². The van der Waals surface area contributed by atoms with Crippen molar-refractivity contribution in [1.29, 1.82) is 0 Å². The summed E-state index contributed by atoms with van der Waals surface area (Å²) >= 11 is 3.24. The lowest BCUT2D eigenvalue weighted by molar-refractivity contribution is -0.384. The Morgan fingerprint density at radius 2 is 2.05 bits per heavy atom. The number of ether oxygens (including phenoxy) is 1. The predicted octanol–water partition coefficient (Wildman–Crippen LogP) is 3.93. The van der Waals surface area contributed by atoms with Crippen molar-refractivity contribution in [2.75, 3.05) is 6.61 Å². The van der Waals surface area contributed by atoms with Crippen LogP contribution in [-0.4, -0.2) is 17.3 Å². The second-order valence-electron chi connectivity index (χ2n) is 4.45. The molecule has 0 heterocycles. The smallest absolute Gasteiger partial charge is 0.273 e. The van der Waals surface area contributed by atoms with Gasteiger partial charge < -0.3 is 4.74 Å². The van der Waals surface area contributed by atoms with Crippen LogP contribution < -0.4 is 4.74 Å². The first-order valence-corrected chi connectivity index (χ1v) is 6.93. The van der Waals surface area contributed by atoms with Crippen LogP contribution in [0.2, 0.25) is 0 Å². The lowest BCUT2D eigenvalue weighted by Crippen LogP contribution is -2.12. The summed E-state index contributed by atoms with van der Waals surface area (Å²) in [5, 5.41) is 10.7. The number of ketones is 1. The fourth-order valence-corrected chi connectivity index (χ4v) is 2.12. The van der Waals surface area contributed by atoms with Crippen molar-refractivity contribution in [3.63, 3.8) is 0 Å². The number of hydrogen-bond donors (Lipinski definition) is 0. The summed E-state index contributed by atoms with van der Waals surface area (Å²) in [6, 6.07) is 11.3. The van der Waals surface area contributed by atoms with Gasteiger partial charge in [0.15, 0.2) is 12.4 Å².